The lowest BCUT2D eigenvalue weighted by atomic mass is 9.71. The summed E-state index contributed by atoms with van der Waals surface area (Å²) < 4.78 is 18.6. The number of piperidine rings is 2. The minimum Gasteiger partial charge on any atom is -0.457 e. The molecule has 32 heavy (non-hydrogen) atoms. The number of ether oxygens (including phenoxy) is 1. The highest BCUT2D eigenvalue weighted by Gasteiger charge is 2.38. The Morgan fingerprint density at radius 3 is 2.59 bits per heavy atom. The van der Waals surface area contributed by atoms with Crippen molar-refractivity contribution in [3.63, 3.8) is 0 Å². The summed E-state index contributed by atoms with van der Waals surface area (Å²) in [4.78, 5) is 24.0. The Bertz CT molecular complexity index is 1010. The van der Waals surface area contributed by atoms with Gasteiger partial charge in [-0.05, 0) is 68.3 Å². The molecule has 7 nitrogen and oxygen atoms in total. The maximum atomic E-state index is 13.4. The Morgan fingerprint density at radius 1 is 1.16 bits per heavy atom. The van der Waals surface area contributed by atoms with Gasteiger partial charge in [0.25, 0.3) is 0 Å². The molecule has 3 aliphatic rings. The van der Waals surface area contributed by atoms with Crippen molar-refractivity contribution in [1.29, 1.82) is 0 Å². The molecule has 8 heteroatoms. The summed E-state index contributed by atoms with van der Waals surface area (Å²) >= 11 is 0. The summed E-state index contributed by atoms with van der Waals surface area (Å²) in [5, 5.41) is 10.9. The number of carbonyl (C=O) groups is 1. The normalized spacial score (nSPS) is 21.5. The number of likely N-dealkylation sites (tertiary alicyclic amines) is 1. The zero-order valence-electron chi connectivity index (χ0n) is 18.4. The first kappa shape index (κ1) is 21.3. The summed E-state index contributed by atoms with van der Waals surface area (Å²) in [7, 11) is 0. The minimum absolute atomic E-state index is 0.277. The maximum Gasteiger partial charge on any atom is 0.338 e. The fraction of sp³-hybridized carbons (Fsp3) is 0.542. The third-order valence-electron chi connectivity index (χ3n) is 7.68. The number of cyclic esters (lactones) is 1. The highest BCUT2D eigenvalue weighted by atomic mass is 19.1. The molecule has 0 amide bonds. The first-order valence-electron chi connectivity index (χ1n) is 11.4. The Kier molecular flexibility index (Phi) is 5.59. The Hall–Kier alpha value is -2.58. The molecule has 1 aromatic carbocycles. The van der Waals surface area contributed by atoms with E-state index in [4.69, 9.17) is 4.74 Å². The molecule has 4 heterocycles. The van der Waals surface area contributed by atoms with Gasteiger partial charge in [0, 0.05) is 31.3 Å². The van der Waals surface area contributed by atoms with E-state index in [0.717, 1.165) is 68.6 Å². The SMILES string of the molecule is Cc1c([C@@H](O)CN2CCC3(CC2)CCN(c2cc(F)ncn2)CC3)ccc2c1COC2=O. The molecule has 0 bridgehead atoms. The molecule has 0 saturated carbocycles. The van der Waals surface area contributed by atoms with Crippen molar-refractivity contribution >= 4 is 11.8 Å². The predicted octanol–water partition coefficient (Wildman–Crippen LogP) is 3.01. The number of carbonyl (C=O) groups excluding carboxylic acids is 1. The lowest BCUT2D eigenvalue weighted by molar-refractivity contribution is 0.0447. The van der Waals surface area contributed by atoms with Crippen LogP contribution in [0.4, 0.5) is 10.2 Å². The summed E-state index contributed by atoms with van der Waals surface area (Å²) in [6.45, 7) is 6.54. The van der Waals surface area contributed by atoms with E-state index in [1.807, 2.05) is 13.0 Å². The van der Waals surface area contributed by atoms with E-state index in [2.05, 4.69) is 19.8 Å². The Balaban J connectivity index is 1.16. The van der Waals surface area contributed by atoms with E-state index in [1.54, 1.807) is 6.07 Å². The predicted molar refractivity (Wildman–Crippen MR) is 117 cm³/mol. The van der Waals surface area contributed by atoms with Crippen LogP contribution >= 0.6 is 0 Å². The monoisotopic (exact) mass is 440 g/mol. The van der Waals surface area contributed by atoms with Gasteiger partial charge in [-0.15, -0.1) is 0 Å². The summed E-state index contributed by atoms with van der Waals surface area (Å²) in [6, 6.07) is 5.05. The molecular formula is C24H29FN4O3. The van der Waals surface area contributed by atoms with Crippen LogP contribution in [0.1, 0.15) is 58.8 Å². The summed E-state index contributed by atoms with van der Waals surface area (Å²) in [5.41, 5.74) is 3.69. The number of benzene rings is 1. The van der Waals surface area contributed by atoms with E-state index in [-0.39, 0.29) is 5.97 Å². The highest BCUT2D eigenvalue weighted by Crippen LogP contribution is 2.42. The van der Waals surface area contributed by atoms with Gasteiger partial charge < -0.3 is 19.6 Å². The molecule has 1 N–H and O–H groups in total. The minimum atomic E-state index is -0.584. The van der Waals surface area contributed by atoms with Gasteiger partial charge in [0.2, 0.25) is 5.95 Å². The van der Waals surface area contributed by atoms with E-state index in [0.29, 0.717) is 29.9 Å². The van der Waals surface area contributed by atoms with Gasteiger partial charge in [0.1, 0.15) is 18.8 Å². The molecule has 170 valence electrons. The number of halogens is 1. The van der Waals surface area contributed by atoms with Crippen molar-refractivity contribution in [2.24, 2.45) is 5.41 Å². The largest absolute Gasteiger partial charge is 0.457 e. The zero-order valence-corrected chi connectivity index (χ0v) is 18.4. The van der Waals surface area contributed by atoms with Gasteiger partial charge in [-0.3, -0.25) is 0 Å². The molecule has 0 unspecified atom stereocenters. The second-order valence-corrected chi connectivity index (χ2v) is 9.38. The number of hydrogen-bond acceptors (Lipinski definition) is 7. The van der Waals surface area contributed by atoms with Crippen LogP contribution in [0.25, 0.3) is 0 Å². The van der Waals surface area contributed by atoms with Crippen LogP contribution in [0.15, 0.2) is 24.5 Å². The number of aliphatic hydroxyl groups is 1. The van der Waals surface area contributed by atoms with Crippen molar-refractivity contribution in [3.05, 3.63) is 52.7 Å². The molecule has 1 aromatic heterocycles. The van der Waals surface area contributed by atoms with Crippen LogP contribution in [0, 0.1) is 18.3 Å². The Labute approximate surface area is 187 Å². The summed E-state index contributed by atoms with van der Waals surface area (Å²) in [6.07, 6.45) is 5.07. The first-order chi connectivity index (χ1) is 15.4. The van der Waals surface area contributed by atoms with Gasteiger partial charge in [0.15, 0.2) is 0 Å². The number of fused-ring (bicyclic) bond motifs is 1. The second-order valence-electron chi connectivity index (χ2n) is 9.38. The van der Waals surface area contributed by atoms with E-state index in [1.165, 1.54) is 12.4 Å². The van der Waals surface area contributed by atoms with Crippen molar-refractivity contribution in [1.82, 2.24) is 14.9 Å². The average Bonchev–Trinajstić information content (AvgIpc) is 3.18. The third kappa shape index (κ3) is 3.97. The van der Waals surface area contributed by atoms with Crippen LogP contribution < -0.4 is 4.90 Å². The second kappa shape index (κ2) is 8.41. The molecular weight excluding hydrogens is 411 g/mol. The number of nitrogens with zero attached hydrogens (tertiary/aromatic N) is 4. The molecule has 0 radical (unpaired) electrons. The molecule has 2 fully saturated rings. The lowest BCUT2D eigenvalue weighted by Crippen LogP contribution is -2.47. The van der Waals surface area contributed by atoms with Gasteiger partial charge in [0.05, 0.1) is 11.7 Å². The van der Waals surface area contributed by atoms with E-state index < -0.39 is 12.1 Å². The van der Waals surface area contributed by atoms with Gasteiger partial charge in [-0.1, -0.05) is 6.07 Å². The third-order valence-corrected chi connectivity index (χ3v) is 7.68. The lowest BCUT2D eigenvalue weighted by Gasteiger charge is -2.47. The molecule has 3 aliphatic heterocycles. The van der Waals surface area contributed by atoms with Gasteiger partial charge >= 0.3 is 5.97 Å². The van der Waals surface area contributed by atoms with Gasteiger partial charge in [-0.25, -0.2) is 14.8 Å². The maximum absolute atomic E-state index is 13.4. The fourth-order valence-corrected chi connectivity index (χ4v) is 5.49. The van der Waals surface area contributed by atoms with Crippen LogP contribution in [-0.4, -0.2) is 58.7 Å². The van der Waals surface area contributed by atoms with Crippen molar-refractivity contribution in [2.75, 3.05) is 37.6 Å². The van der Waals surface area contributed by atoms with E-state index >= 15 is 0 Å². The first-order valence-corrected chi connectivity index (χ1v) is 11.4. The zero-order chi connectivity index (χ0) is 22.3. The highest BCUT2D eigenvalue weighted by molar-refractivity contribution is 5.93. The summed E-state index contributed by atoms with van der Waals surface area (Å²) in [5.74, 6) is -0.0917. The van der Waals surface area contributed by atoms with Crippen LogP contribution in [0.3, 0.4) is 0 Å². The Morgan fingerprint density at radius 2 is 1.88 bits per heavy atom. The van der Waals surface area contributed by atoms with Crippen LogP contribution in [0.5, 0.6) is 0 Å². The smallest absolute Gasteiger partial charge is 0.338 e. The topological polar surface area (TPSA) is 78.8 Å². The van der Waals surface area contributed by atoms with E-state index in [9.17, 15) is 14.3 Å². The van der Waals surface area contributed by atoms with Crippen molar-refractivity contribution < 1.29 is 19.0 Å². The quantitative estimate of drug-likeness (QED) is 0.578. The van der Waals surface area contributed by atoms with Crippen LogP contribution in [0.2, 0.25) is 0 Å². The fourth-order valence-electron chi connectivity index (χ4n) is 5.49. The number of rotatable bonds is 4. The number of aliphatic hydroxyl groups excluding tert-OH is 1. The standard InChI is InChI=1S/C24H29FN4O3/c1-16-17(2-3-18-19(16)14-32-23(18)31)20(30)13-28-8-4-24(5-9-28)6-10-29(11-7-24)22-12-21(25)26-15-27-22/h2-3,12,15,20,30H,4-11,13-14H2,1H3/t20-/m0/s1. The number of anilines is 1. The molecule has 1 atom stereocenters. The van der Waals surface area contributed by atoms with Crippen molar-refractivity contribution in [3.8, 4) is 0 Å². The van der Waals surface area contributed by atoms with Crippen molar-refractivity contribution in [2.45, 2.75) is 45.3 Å². The van der Waals surface area contributed by atoms with Crippen LogP contribution in [-0.2, 0) is 11.3 Å². The molecule has 5 rings (SSSR count). The number of hydrogen-bond donors (Lipinski definition) is 1. The number of β-amino-alcohol motifs (C(OH)–C–C–N with tert-alkyl or cyclic N) is 1. The molecule has 2 saturated heterocycles. The average molecular weight is 441 g/mol. The molecule has 2 aromatic rings. The van der Waals surface area contributed by atoms with Gasteiger partial charge in [-0.2, -0.15) is 4.39 Å². The number of esters is 1. The molecule has 1 spiro atoms. The number of aromatic nitrogens is 2. The molecule has 0 aliphatic carbocycles.